The van der Waals surface area contributed by atoms with Crippen molar-refractivity contribution >= 4 is 32.7 Å². The zero-order valence-electron chi connectivity index (χ0n) is 13.3. The molecular weight excluding hydrogens is 354 g/mol. The molecule has 1 aromatic heterocycles. The number of ether oxygens (including phenoxy) is 1. The van der Waals surface area contributed by atoms with Crippen LogP contribution >= 0.6 is 15.9 Å². The molecule has 1 N–H and O–H groups in total. The molecular formula is C18H20BrN3O. The van der Waals surface area contributed by atoms with E-state index < -0.39 is 0 Å². The van der Waals surface area contributed by atoms with E-state index in [1.807, 2.05) is 12.1 Å². The number of hydrogen-bond donors (Lipinski definition) is 1. The molecule has 120 valence electrons. The fraction of sp³-hybridized carbons (Fsp3) is 0.333. The van der Waals surface area contributed by atoms with Crippen LogP contribution in [-0.4, -0.2) is 22.6 Å². The second-order valence-electron chi connectivity index (χ2n) is 5.87. The van der Waals surface area contributed by atoms with Crippen LogP contribution in [0.15, 0.2) is 46.7 Å². The number of halogens is 1. The van der Waals surface area contributed by atoms with Gasteiger partial charge in [0.05, 0.1) is 9.99 Å². The maximum absolute atomic E-state index is 5.96. The predicted octanol–water partition coefficient (Wildman–Crippen LogP) is 4.87. The summed E-state index contributed by atoms with van der Waals surface area (Å²) in [4.78, 5) is 8.70. The van der Waals surface area contributed by atoms with Gasteiger partial charge in [0, 0.05) is 17.5 Å². The van der Waals surface area contributed by atoms with E-state index in [-0.39, 0.29) is 0 Å². The molecule has 0 atom stereocenters. The van der Waals surface area contributed by atoms with E-state index >= 15 is 0 Å². The van der Waals surface area contributed by atoms with Crippen molar-refractivity contribution in [3.8, 4) is 5.75 Å². The van der Waals surface area contributed by atoms with Gasteiger partial charge in [-0.2, -0.15) is 0 Å². The molecule has 23 heavy (non-hydrogen) atoms. The van der Waals surface area contributed by atoms with Gasteiger partial charge in [0.25, 0.3) is 0 Å². The largest absolute Gasteiger partial charge is 0.488 e. The topological polar surface area (TPSA) is 47.0 Å². The number of rotatable bonds is 5. The zero-order chi connectivity index (χ0) is 16.2. The Morgan fingerprint density at radius 1 is 1.26 bits per heavy atom. The Morgan fingerprint density at radius 2 is 2.13 bits per heavy atom. The molecule has 4 nitrogen and oxygen atoms in total. The lowest BCUT2D eigenvalue weighted by Gasteiger charge is -2.14. The summed E-state index contributed by atoms with van der Waals surface area (Å²) in [6.07, 6.45) is 10.3. The number of nitrogens with one attached hydrogen (secondary N) is 1. The minimum Gasteiger partial charge on any atom is -0.488 e. The Kier molecular flexibility index (Phi) is 4.96. The molecule has 0 saturated heterocycles. The van der Waals surface area contributed by atoms with E-state index in [2.05, 4.69) is 63.3 Å². The summed E-state index contributed by atoms with van der Waals surface area (Å²) >= 11 is 3.60. The smallest absolute Gasteiger partial charge is 0.137 e. The summed E-state index contributed by atoms with van der Waals surface area (Å²) in [6, 6.07) is 4.29. The molecule has 2 aromatic rings. The van der Waals surface area contributed by atoms with Crippen molar-refractivity contribution in [2.75, 3.05) is 11.9 Å². The van der Waals surface area contributed by atoms with Crippen LogP contribution in [0.5, 0.6) is 5.75 Å². The van der Waals surface area contributed by atoms with Gasteiger partial charge in [-0.15, -0.1) is 0 Å². The fourth-order valence-electron chi connectivity index (χ4n) is 2.49. The number of nitrogens with zero attached hydrogens (tertiary/aromatic N) is 2. The molecule has 5 heteroatoms. The minimum absolute atomic E-state index is 0.313. The average molecular weight is 374 g/mol. The van der Waals surface area contributed by atoms with Gasteiger partial charge in [-0.25, -0.2) is 9.97 Å². The van der Waals surface area contributed by atoms with Crippen molar-refractivity contribution in [2.45, 2.75) is 32.7 Å². The molecule has 0 amide bonds. The molecule has 1 aromatic carbocycles. The first-order valence-electron chi connectivity index (χ1n) is 7.82. The van der Waals surface area contributed by atoms with Crippen LogP contribution in [0.1, 0.15) is 26.7 Å². The van der Waals surface area contributed by atoms with Crippen molar-refractivity contribution in [1.29, 1.82) is 0 Å². The van der Waals surface area contributed by atoms with Crippen LogP contribution < -0.4 is 10.1 Å². The molecule has 0 unspecified atom stereocenters. The second kappa shape index (κ2) is 7.13. The maximum Gasteiger partial charge on any atom is 0.137 e. The quantitative estimate of drug-likeness (QED) is 0.811. The third-order valence-electron chi connectivity index (χ3n) is 3.58. The molecule has 0 spiro atoms. The molecule has 1 aliphatic rings. The highest BCUT2D eigenvalue weighted by Gasteiger charge is 2.10. The lowest BCUT2D eigenvalue weighted by molar-refractivity contribution is 0.353. The van der Waals surface area contributed by atoms with Crippen LogP contribution in [0.2, 0.25) is 0 Å². The van der Waals surface area contributed by atoms with Gasteiger partial charge < -0.3 is 10.1 Å². The molecule has 0 bridgehead atoms. The predicted molar refractivity (Wildman–Crippen MR) is 97.9 cm³/mol. The summed E-state index contributed by atoms with van der Waals surface area (Å²) in [5, 5.41) is 4.33. The molecule has 0 aliphatic heterocycles. The van der Waals surface area contributed by atoms with Crippen molar-refractivity contribution in [3.63, 3.8) is 0 Å². The molecule has 0 saturated carbocycles. The van der Waals surface area contributed by atoms with Crippen LogP contribution in [0.4, 0.5) is 5.82 Å². The summed E-state index contributed by atoms with van der Waals surface area (Å²) in [6.45, 7) is 4.75. The molecule has 0 radical (unpaired) electrons. The van der Waals surface area contributed by atoms with Gasteiger partial charge in [0.1, 0.15) is 24.5 Å². The Morgan fingerprint density at radius 3 is 2.87 bits per heavy atom. The Balaban J connectivity index is 1.86. The first-order valence-corrected chi connectivity index (χ1v) is 8.62. The Labute approximate surface area is 144 Å². The number of aromatic nitrogens is 2. The molecule has 1 heterocycles. The summed E-state index contributed by atoms with van der Waals surface area (Å²) in [5.74, 6) is 1.64. The van der Waals surface area contributed by atoms with Crippen molar-refractivity contribution in [2.24, 2.45) is 0 Å². The van der Waals surface area contributed by atoms with Crippen molar-refractivity contribution in [3.05, 3.63) is 46.7 Å². The molecule has 3 rings (SSSR count). The number of allylic oxidation sites excluding steroid dienone is 2. The van der Waals surface area contributed by atoms with Gasteiger partial charge in [-0.1, -0.05) is 18.2 Å². The Hall–Kier alpha value is -1.88. The minimum atomic E-state index is 0.313. The highest BCUT2D eigenvalue weighted by Crippen LogP contribution is 2.32. The first kappa shape index (κ1) is 16.0. The van der Waals surface area contributed by atoms with Gasteiger partial charge in [0.2, 0.25) is 0 Å². The Bertz CT molecular complexity index is 768. The highest BCUT2D eigenvalue weighted by atomic mass is 79.9. The van der Waals surface area contributed by atoms with Gasteiger partial charge in [0.15, 0.2) is 0 Å². The third-order valence-corrected chi connectivity index (χ3v) is 4.20. The number of hydrogen-bond acceptors (Lipinski definition) is 4. The van der Waals surface area contributed by atoms with Crippen LogP contribution in [-0.2, 0) is 0 Å². The number of benzene rings is 1. The monoisotopic (exact) mass is 373 g/mol. The van der Waals surface area contributed by atoms with E-state index in [0.29, 0.717) is 12.6 Å². The summed E-state index contributed by atoms with van der Waals surface area (Å²) in [5.41, 5.74) is 2.09. The van der Waals surface area contributed by atoms with Crippen molar-refractivity contribution in [1.82, 2.24) is 9.97 Å². The fourth-order valence-corrected chi connectivity index (χ4v) is 2.95. The van der Waals surface area contributed by atoms with Gasteiger partial charge in [-0.05, 0) is 54.3 Å². The zero-order valence-corrected chi connectivity index (χ0v) is 14.9. The van der Waals surface area contributed by atoms with E-state index in [9.17, 15) is 0 Å². The normalized spacial score (nSPS) is 14.2. The lowest BCUT2D eigenvalue weighted by atomic mass is 10.1. The van der Waals surface area contributed by atoms with Crippen LogP contribution in [0.3, 0.4) is 0 Å². The van der Waals surface area contributed by atoms with Crippen LogP contribution in [0.25, 0.3) is 10.9 Å². The average Bonchev–Trinajstić information content (AvgIpc) is 2.54. The van der Waals surface area contributed by atoms with Crippen molar-refractivity contribution < 1.29 is 4.74 Å². The van der Waals surface area contributed by atoms with E-state index in [0.717, 1.165) is 39.8 Å². The van der Waals surface area contributed by atoms with E-state index in [1.54, 1.807) is 6.33 Å². The third kappa shape index (κ3) is 3.91. The highest BCUT2D eigenvalue weighted by molar-refractivity contribution is 9.10. The molecule has 0 fully saturated rings. The second-order valence-corrected chi connectivity index (χ2v) is 6.72. The van der Waals surface area contributed by atoms with E-state index in [1.165, 1.54) is 5.57 Å². The first-order chi connectivity index (χ1) is 11.1. The summed E-state index contributed by atoms with van der Waals surface area (Å²) in [7, 11) is 0. The van der Waals surface area contributed by atoms with Gasteiger partial charge >= 0.3 is 0 Å². The number of anilines is 1. The standard InChI is InChI=1S/C18H20BrN3O/c1-12(2)22-18-14-8-15(19)17(9-16(14)20-11-21-18)23-10-13-6-4-3-5-7-13/h4,6-9,11-12H,3,5,10H2,1-2H3,(H,20,21,22). The number of fused-ring (bicyclic) bond motifs is 1. The molecule has 1 aliphatic carbocycles. The SMILES string of the molecule is CC(C)Nc1ncnc2cc(OCC3=CCCC=C3)c(Br)cc12. The van der Waals surface area contributed by atoms with Gasteiger partial charge in [-0.3, -0.25) is 0 Å². The summed E-state index contributed by atoms with van der Waals surface area (Å²) < 4.78 is 6.87. The maximum atomic E-state index is 5.96. The van der Waals surface area contributed by atoms with E-state index in [4.69, 9.17) is 4.74 Å². The lowest BCUT2D eigenvalue weighted by Crippen LogP contribution is -2.11. The van der Waals surface area contributed by atoms with Crippen LogP contribution in [0, 0.1) is 0 Å².